The molecule has 0 aliphatic carbocycles. The van der Waals surface area contributed by atoms with Gasteiger partial charge in [-0.25, -0.2) is 4.79 Å². The van der Waals surface area contributed by atoms with Crippen LogP contribution in [0.4, 0.5) is 4.79 Å². The second kappa shape index (κ2) is 30.0. The van der Waals surface area contributed by atoms with Crippen LogP contribution in [-0.4, -0.2) is 97.5 Å². The Morgan fingerprint density at radius 2 is 0.821 bits per heavy atom. The number of hydrogen-bond donors (Lipinski definition) is 1. The van der Waals surface area contributed by atoms with Gasteiger partial charge in [0.2, 0.25) is 0 Å². The first kappa shape index (κ1) is 38.0. The fraction of sp³-hybridized carbons (Fsp3) is 0.967. The highest BCUT2D eigenvalue weighted by Gasteiger charge is 2.15. The van der Waals surface area contributed by atoms with E-state index in [2.05, 4.69) is 12.2 Å². The summed E-state index contributed by atoms with van der Waals surface area (Å²) in [5.41, 5.74) is -0.498. The molecule has 0 spiro atoms. The average Bonchev–Trinajstić information content (AvgIpc) is 2.88. The van der Waals surface area contributed by atoms with E-state index in [-0.39, 0.29) is 0 Å². The van der Waals surface area contributed by atoms with Crippen molar-refractivity contribution >= 4 is 6.09 Å². The molecule has 0 saturated carbocycles. The van der Waals surface area contributed by atoms with E-state index in [9.17, 15) is 4.79 Å². The zero-order valence-electron chi connectivity index (χ0n) is 25.7. The van der Waals surface area contributed by atoms with Crippen LogP contribution in [0, 0.1) is 0 Å². The summed E-state index contributed by atoms with van der Waals surface area (Å²) < 4.78 is 38.1. The van der Waals surface area contributed by atoms with Gasteiger partial charge < -0.3 is 38.5 Å². The van der Waals surface area contributed by atoms with E-state index >= 15 is 0 Å². The molecule has 0 aliphatic rings. The van der Waals surface area contributed by atoms with Gasteiger partial charge in [0.05, 0.1) is 72.7 Å². The molecule has 1 amide bonds. The predicted molar refractivity (Wildman–Crippen MR) is 156 cm³/mol. The number of unbranched alkanes of at least 4 members (excludes halogenated alkanes) is 10. The molecule has 0 atom stereocenters. The Morgan fingerprint density at radius 3 is 1.21 bits per heavy atom. The Labute approximate surface area is 239 Å². The van der Waals surface area contributed by atoms with Gasteiger partial charge in [-0.05, 0) is 27.2 Å². The zero-order valence-corrected chi connectivity index (χ0v) is 25.7. The van der Waals surface area contributed by atoms with E-state index in [4.69, 9.17) is 33.2 Å². The second-order valence-corrected chi connectivity index (χ2v) is 10.6. The van der Waals surface area contributed by atoms with Crippen LogP contribution < -0.4 is 5.32 Å². The number of alkyl carbamates (subject to hydrolysis) is 1. The lowest BCUT2D eigenvalue weighted by Gasteiger charge is -2.19. The lowest BCUT2D eigenvalue weighted by molar-refractivity contribution is -0.0167. The SMILES string of the molecule is CCCCCCCCCCCCCOCCOCCOCCOCCOCCOCCNC(=O)OC(C)(C)C. The third kappa shape index (κ3) is 35.0. The van der Waals surface area contributed by atoms with Crippen molar-refractivity contribution in [3.05, 3.63) is 0 Å². The molecule has 0 heterocycles. The van der Waals surface area contributed by atoms with Crippen LogP contribution in [0.3, 0.4) is 0 Å². The second-order valence-electron chi connectivity index (χ2n) is 10.6. The van der Waals surface area contributed by atoms with E-state index in [1.165, 1.54) is 64.2 Å². The monoisotopic (exact) mass is 563 g/mol. The van der Waals surface area contributed by atoms with Gasteiger partial charge >= 0.3 is 6.09 Å². The van der Waals surface area contributed by atoms with Gasteiger partial charge in [0, 0.05) is 13.2 Å². The molecular weight excluding hydrogens is 502 g/mol. The van der Waals surface area contributed by atoms with E-state index < -0.39 is 11.7 Å². The molecule has 0 saturated heterocycles. The van der Waals surface area contributed by atoms with Crippen LogP contribution in [0.15, 0.2) is 0 Å². The highest BCUT2D eigenvalue weighted by atomic mass is 16.6. The third-order valence-electron chi connectivity index (χ3n) is 5.67. The molecule has 0 aromatic rings. The van der Waals surface area contributed by atoms with Gasteiger partial charge in [-0.2, -0.15) is 0 Å². The van der Waals surface area contributed by atoms with Crippen LogP contribution in [-0.2, 0) is 33.2 Å². The molecule has 0 bridgehead atoms. The number of carbonyl (C=O) groups is 1. The average molecular weight is 564 g/mol. The number of ether oxygens (including phenoxy) is 7. The Hall–Kier alpha value is -0.970. The van der Waals surface area contributed by atoms with Gasteiger partial charge in [0.15, 0.2) is 0 Å². The topological polar surface area (TPSA) is 93.7 Å². The Morgan fingerprint density at radius 1 is 0.487 bits per heavy atom. The van der Waals surface area contributed by atoms with Crippen LogP contribution in [0.1, 0.15) is 98.3 Å². The maximum absolute atomic E-state index is 11.5. The molecule has 234 valence electrons. The minimum absolute atomic E-state index is 0.399. The molecule has 9 nitrogen and oxygen atoms in total. The summed E-state index contributed by atoms with van der Waals surface area (Å²) in [6.45, 7) is 14.8. The maximum atomic E-state index is 11.5. The van der Waals surface area contributed by atoms with Crippen LogP contribution in [0.2, 0.25) is 0 Å². The van der Waals surface area contributed by atoms with Crippen molar-refractivity contribution in [2.24, 2.45) is 0 Å². The summed E-state index contributed by atoms with van der Waals surface area (Å²) >= 11 is 0. The minimum atomic E-state index is -0.498. The van der Waals surface area contributed by atoms with Crippen molar-refractivity contribution in [3.63, 3.8) is 0 Å². The molecule has 0 unspecified atom stereocenters. The predicted octanol–water partition coefficient (Wildman–Crippen LogP) is 5.92. The van der Waals surface area contributed by atoms with E-state index in [1.807, 2.05) is 20.8 Å². The van der Waals surface area contributed by atoms with Crippen molar-refractivity contribution in [2.75, 3.05) is 85.8 Å². The molecule has 0 aromatic carbocycles. The summed E-state index contributed by atoms with van der Waals surface area (Å²) in [7, 11) is 0. The number of rotatable bonds is 30. The first-order valence-electron chi connectivity index (χ1n) is 15.4. The van der Waals surface area contributed by atoms with Gasteiger partial charge in [0.25, 0.3) is 0 Å². The Balaban J connectivity index is 3.09. The summed E-state index contributed by atoms with van der Waals surface area (Å²) in [6, 6.07) is 0. The fourth-order valence-electron chi connectivity index (χ4n) is 3.61. The van der Waals surface area contributed by atoms with E-state index in [0.29, 0.717) is 79.2 Å². The highest BCUT2D eigenvalue weighted by molar-refractivity contribution is 5.67. The van der Waals surface area contributed by atoms with Crippen LogP contribution in [0.5, 0.6) is 0 Å². The standard InChI is InChI=1S/C30H61NO8/c1-5-6-7-8-9-10-11-12-13-14-15-17-33-19-21-35-23-25-37-27-28-38-26-24-36-22-20-34-18-16-31-29(32)39-30(2,3)4/h5-28H2,1-4H3,(H,31,32). The third-order valence-corrected chi connectivity index (χ3v) is 5.67. The van der Waals surface area contributed by atoms with Crippen molar-refractivity contribution in [2.45, 2.75) is 104 Å². The zero-order chi connectivity index (χ0) is 28.7. The summed E-state index contributed by atoms with van der Waals surface area (Å²) in [4.78, 5) is 11.5. The summed E-state index contributed by atoms with van der Waals surface area (Å²) in [5.74, 6) is 0. The molecule has 0 fully saturated rings. The molecule has 0 radical (unpaired) electrons. The highest BCUT2D eigenvalue weighted by Crippen LogP contribution is 2.11. The number of amides is 1. The smallest absolute Gasteiger partial charge is 0.407 e. The van der Waals surface area contributed by atoms with Gasteiger partial charge in [-0.3, -0.25) is 0 Å². The lowest BCUT2D eigenvalue weighted by atomic mass is 10.1. The Bertz CT molecular complexity index is 502. The minimum Gasteiger partial charge on any atom is -0.444 e. The number of hydrogen-bond acceptors (Lipinski definition) is 8. The quantitative estimate of drug-likeness (QED) is 0.108. The molecule has 0 aliphatic heterocycles. The first-order valence-corrected chi connectivity index (χ1v) is 15.4. The fourth-order valence-corrected chi connectivity index (χ4v) is 3.61. The van der Waals surface area contributed by atoms with E-state index in [0.717, 1.165) is 13.0 Å². The van der Waals surface area contributed by atoms with E-state index in [1.54, 1.807) is 0 Å². The van der Waals surface area contributed by atoms with Crippen LogP contribution in [0.25, 0.3) is 0 Å². The normalized spacial score (nSPS) is 11.7. The Kier molecular flexibility index (Phi) is 29.3. The van der Waals surface area contributed by atoms with Crippen molar-refractivity contribution in [1.82, 2.24) is 5.32 Å². The van der Waals surface area contributed by atoms with Gasteiger partial charge in [0.1, 0.15) is 5.60 Å². The largest absolute Gasteiger partial charge is 0.444 e. The molecule has 1 N–H and O–H groups in total. The number of carbonyl (C=O) groups excluding carboxylic acids is 1. The molecule has 39 heavy (non-hydrogen) atoms. The molecule has 0 aromatic heterocycles. The number of nitrogens with one attached hydrogen (secondary N) is 1. The van der Waals surface area contributed by atoms with Crippen molar-refractivity contribution in [3.8, 4) is 0 Å². The molecule has 9 heteroatoms. The summed E-state index contributed by atoms with van der Waals surface area (Å²) in [5, 5.41) is 2.64. The van der Waals surface area contributed by atoms with Crippen molar-refractivity contribution < 1.29 is 38.0 Å². The van der Waals surface area contributed by atoms with Crippen molar-refractivity contribution in [1.29, 1.82) is 0 Å². The molecular formula is C30H61NO8. The first-order chi connectivity index (χ1) is 19.0. The van der Waals surface area contributed by atoms with Crippen LogP contribution >= 0.6 is 0 Å². The summed E-state index contributed by atoms with van der Waals surface area (Å²) in [6.07, 6.45) is 14.4. The maximum Gasteiger partial charge on any atom is 0.407 e. The van der Waals surface area contributed by atoms with Gasteiger partial charge in [-0.15, -0.1) is 0 Å². The van der Waals surface area contributed by atoms with Gasteiger partial charge in [-0.1, -0.05) is 71.1 Å². The molecule has 0 rings (SSSR count). The lowest BCUT2D eigenvalue weighted by Crippen LogP contribution is -2.34.